The lowest BCUT2D eigenvalue weighted by Crippen LogP contribution is -3.09. The van der Waals surface area contributed by atoms with Gasteiger partial charge in [0.25, 0.3) is 0 Å². The summed E-state index contributed by atoms with van der Waals surface area (Å²) in [5.74, 6) is -3.69. The Kier molecular flexibility index (Phi) is 15.4. The Labute approximate surface area is 284 Å². The number of nitrogens with zero attached hydrogens (tertiary/aromatic N) is 1. The highest BCUT2D eigenvalue weighted by molar-refractivity contribution is 5.94. The van der Waals surface area contributed by atoms with Crippen LogP contribution in [0.25, 0.3) is 0 Å². The second-order valence-electron chi connectivity index (χ2n) is 11.8. The van der Waals surface area contributed by atoms with E-state index in [2.05, 4.69) is 16.9 Å². The lowest BCUT2D eigenvalue weighted by molar-refractivity contribution is -0.843. The van der Waals surface area contributed by atoms with Crippen LogP contribution in [0.5, 0.6) is 0 Å². The van der Waals surface area contributed by atoms with Crippen LogP contribution in [0.3, 0.4) is 0 Å². The van der Waals surface area contributed by atoms with Crippen LogP contribution < -0.4 is 16.0 Å². The van der Waals surface area contributed by atoms with Gasteiger partial charge in [-0.3, -0.25) is 4.99 Å². The fraction of sp³-hybridized carbons (Fsp3) is 0.594. The summed E-state index contributed by atoms with van der Waals surface area (Å²) in [4.78, 5) is 30.0. The number of nitrogens with one attached hydrogen (secondary N) is 2. The number of carboxylic acids is 1. The average molecular weight is 698 g/mol. The van der Waals surface area contributed by atoms with E-state index in [1.807, 2.05) is 0 Å². The van der Waals surface area contributed by atoms with Crippen LogP contribution in [0.2, 0.25) is 0 Å². The Morgan fingerprint density at radius 1 is 1.20 bits per heavy atom. The number of carboxylic acid groups (broad SMARTS) is 1. The third-order valence-electron chi connectivity index (χ3n) is 8.01. The molecule has 1 saturated heterocycles. The van der Waals surface area contributed by atoms with Gasteiger partial charge in [-0.25, -0.2) is 9.59 Å². The Bertz CT molecular complexity index is 1310. The van der Waals surface area contributed by atoms with Gasteiger partial charge in [0.15, 0.2) is 12.2 Å². The molecule has 9 unspecified atom stereocenters. The van der Waals surface area contributed by atoms with Crippen molar-refractivity contribution >= 4 is 17.9 Å². The fourth-order valence-corrected chi connectivity index (χ4v) is 5.61. The number of aliphatic hydroxyl groups excluding tert-OH is 5. The molecule has 0 aromatic carbocycles. The summed E-state index contributed by atoms with van der Waals surface area (Å²) in [6.07, 6.45) is -0.562. The van der Waals surface area contributed by atoms with Crippen molar-refractivity contribution in [2.75, 3.05) is 46.6 Å². The number of quaternary nitrogens is 1. The van der Waals surface area contributed by atoms with Gasteiger partial charge >= 0.3 is 11.9 Å². The molecule has 9 atom stereocenters. The van der Waals surface area contributed by atoms with Crippen molar-refractivity contribution in [3.05, 3.63) is 59.7 Å². The lowest BCUT2D eigenvalue weighted by Gasteiger charge is -2.44. The molecule has 17 nitrogen and oxygen atoms in total. The lowest BCUT2D eigenvalue weighted by atomic mass is 9.83. The highest BCUT2D eigenvalue weighted by atomic mass is 16.8. The minimum Gasteiger partial charge on any atom is -0.477 e. The Hall–Kier alpha value is -3.65. The summed E-state index contributed by atoms with van der Waals surface area (Å²) in [7, 11) is 1.20. The van der Waals surface area contributed by atoms with Crippen LogP contribution in [-0.4, -0.2) is 138 Å². The molecule has 3 rings (SSSR count). The van der Waals surface area contributed by atoms with Crippen molar-refractivity contribution in [2.45, 2.75) is 63.4 Å². The third-order valence-corrected chi connectivity index (χ3v) is 8.01. The van der Waals surface area contributed by atoms with E-state index >= 15 is 0 Å². The Balaban J connectivity index is 2.05. The van der Waals surface area contributed by atoms with Crippen molar-refractivity contribution in [3.63, 3.8) is 0 Å². The maximum atomic E-state index is 12.9. The van der Waals surface area contributed by atoms with E-state index in [4.69, 9.17) is 34.5 Å². The number of guanidine groups is 1. The van der Waals surface area contributed by atoms with Crippen LogP contribution in [0, 0.1) is 11.8 Å². The number of esters is 1. The number of nitrogens with two attached hydrogens (primary N) is 1. The van der Waals surface area contributed by atoms with Gasteiger partial charge < -0.3 is 70.3 Å². The largest absolute Gasteiger partial charge is 0.477 e. The molecule has 0 bridgehead atoms. The average Bonchev–Trinajstić information content (AvgIpc) is 3.07. The second-order valence-corrected chi connectivity index (χ2v) is 11.8. The monoisotopic (exact) mass is 697 g/mol. The zero-order valence-electron chi connectivity index (χ0n) is 27.8. The van der Waals surface area contributed by atoms with Crippen molar-refractivity contribution in [1.82, 2.24) is 5.32 Å². The van der Waals surface area contributed by atoms with Crippen molar-refractivity contribution in [3.8, 4) is 0 Å². The topological polar surface area (TPSA) is 257 Å². The Morgan fingerprint density at radius 3 is 2.53 bits per heavy atom. The molecule has 0 spiro atoms. The number of hydrogen-bond acceptors (Lipinski definition) is 13. The molecule has 49 heavy (non-hydrogen) atoms. The number of methoxy groups -OCH3 is 1. The zero-order chi connectivity index (χ0) is 36.2. The molecule has 3 heterocycles. The molecule has 17 heteroatoms. The van der Waals surface area contributed by atoms with Crippen LogP contribution in [-0.2, 0) is 33.3 Å². The van der Waals surface area contributed by atoms with Gasteiger partial charge in [-0.2, -0.15) is 0 Å². The molecule has 0 amide bonds. The molecule has 3 aliphatic heterocycles. The first-order chi connectivity index (χ1) is 23.4. The predicted molar refractivity (Wildman–Crippen MR) is 172 cm³/mol. The number of ether oxygens (including phenoxy) is 5. The van der Waals surface area contributed by atoms with E-state index in [0.29, 0.717) is 16.9 Å². The summed E-state index contributed by atoms with van der Waals surface area (Å²) in [5, 5.41) is 62.7. The number of allylic oxidation sites excluding steroid dienone is 1. The van der Waals surface area contributed by atoms with Crippen LogP contribution in [0.15, 0.2) is 64.7 Å². The van der Waals surface area contributed by atoms with Gasteiger partial charge in [-0.1, -0.05) is 18.2 Å². The van der Waals surface area contributed by atoms with Crippen molar-refractivity contribution in [1.29, 1.82) is 0 Å². The van der Waals surface area contributed by atoms with Gasteiger partial charge in [0, 0.05) is 24.6 Å². The number of aliphatic hydroxyl groups is 5. The summed E-state index contributed by atoms with van der Waals surface area (Å²) >= 11 is 0. The molecule has 274 valence electrons. The van der Waals surface area contributed by atoms with Gasteiger partial charge in [0.1, 0.15) is 49.3 Å². The van der Waals surface area contributed by atoms with Gasteiger partial charge in [-0.15, -0.1) is 6.58 Å². The van der Waals surface area contributed by atoms with Gasteiger partial charge in [0.05, 0.1) is 49.9 Å². The smallest absolute Gasteiger partial charge is 0.343 e. The highest BCUT2D eigenvalue weighted by Gasteiger charge is 2.49. The van der Waals surface area contributed by atoms with E-state index < -0.39 is 73.5 Å². The summed E-state index contributed by atoms with van der Waals surface area (Å²) < 4.78 is 28.6. The summed E-state index contributed by atoms with van der Waals surface area (Å²) in [6, 6.07) is 0. The van der Waals surface area contributed by atoms with E-state index in [0.717, 1.165) is 6.26 Å². The normalized spacial score (nSPS) is 30.9. The number of carbonyl (C=O) groups excluding carboxylic acids is 1. The SMILES string of the molecule is C=CC1C(OC2OC(CO)C(O)C(O)C2OC(C)C)OC=C(C(=O)OC)C1C=CC1=C(NC(N)=NCCCO)C(C(=O)O)=C[NH+](CCO)C1. The predicted octanol–water partition coefficient (Wildman–Crippen LogP) is -2.98. The minimum atomic E-state index is -1.48. The van der Waals surface area contributed by atoms with E-state index in [9.17, 15) is 35.1 Å². The molecule has 0 saturated carbocycles. The first-order valence-corrected chi connectivity index (χ1v) is 15.9. The number of aliphatic carboxylic acids is 1. The molecular formula is C32H49N4O13+. The fourth-order valence-electron chi connectivity index (χ4n) is 5.61. The third kappa shape index (κ3) is 10.2. The first-order valence-electron chi connectivity index (χ1n) is 15.9. The van der Waals surface area contributed by atoms with E-state index in [1.165, 1.54) is 19.4 Å². The number of carbonyl (C=O) groups is 2. The molecule has 3 aliphatic rings. The van der Waals surface area contributed by atoms with E-state index in [-0.39, 0.29) is 55.7 Å². The van der Waals surface area contributed by atoms with Crippen molar-refractivity contribution in [2.24, 2.45) is 22.6 Å². The highest BCUT2D eigenvalue weighted by Crippen LogP contribution is 2.37. The minimum absolute atomic E-state index is 0.0788. The van der Waals surface area contributed by atoms with Crippen LogP contribution in [0.4, 0.5) is 0 Å². The zero-order valence-corrected chi connectivity index (χ0v) is 27.8. The van der Waals surface area contributed by atoms with E-state index in [1.54, 1.807) is 26.0 Å². The maximum absolute atomic E-state index is 12.9. The van der Waals surface area contributed by atoms with Gasteiger partial charge in [0.2, 0.25) is 6.29 Å². The molecule has 0 radical (unpaired) electrons. The second kappa shape index (κ2) is 18.9. The molecule has 0 aromatic rings. The number of hydrogen-bond donors (Lipinski definition) is 9. The maximum Gasteiger partial charge on any atom is 0.343 e. The molecular weight excluding hydrogens is 648 g/mol. The number of rotatable bonds is 16. The quantitative estimate of drug-likeness (QED) is 0.0257. The van der Waals surface area contributed by atoms with Crippen LogP contribution >= 0.6 is 0 Å². The molecule has 10 N–H and O–H groups in total. The molecule has 0 aliphatic carbocycles. The standard InChI is InChI=1S/C32H48N4O13/c1-5-19-20(8-7-18-13-36(10-12-38)14-21(28(42)43)24(18)35-32(33)34-9-6-11-37)22(29(44)45-4)16-46-30(19)49-31-27(47-17(2)3)26(41)25(40)23(15-39)48-31/h5,7-8,14,16-17,19-20,23,25-27,30-31,37-41H,1,6,9-13,15H2,2-4H3,(H,42,43)(H3,33,34,35)/p+1. The molecule has 0 aromatic heterocycles. The van der Waals surface area contributed by atoms with Gasteiger partial charge in [-0.05, 0) is 20.3 Å². The Morgan fingerprint density at radius 2 is 1.94 bits per heavy atom. The number of aliphatic imine (C=N–C) groups is 1. The summed E-state index contributed by atoms with van der Waals surface area (Å²) in [5.41, 5.74) is 6.60. The van der Waals surface area contributed by atoms with Crippen LogP contribution in [0.1, 0.15) is 20.3 Å². The summed E-state index contributed by atoms with van der Waals surface area (Å²) in [6.45, 7) is 7.02. The molecule has 1 fully saturated rings. The first kappa shape index (κ1) is 39.8. The van der Waals surface area contributed by atoms with Crippen molar-refractivity contribution < 1.29 is 68.8 Å².